The number of hydrogen-bond acceptors (Lipinski definition) is 4. The van der Waals surface area contributed by atoms with Crippen LogP contribution in [0.5, 0.6) is 0 Å². The third-order valence-corrected chi connectivity index (χ3v) is 5.41. The van der Waals surface area contributed by atoms with Crippen molar-refractivity contribution in [2.24, 2.45) is 5.73 Å². The molecule has 0 aromatic carbocycles. The Morgan fingerprint density at radius 1 is 1.50 bits per heavy atom. The van der Waals surface area contributed by atoms with Crippen LogP contribution >= 0.6 is 11.3 Å². The van der Waals surface area contributed by atoms with E-state index in [1.165, 1.54) is 9.75 Å². The standard InChI is InChI=1S/C11H17NO2S2/c1-11(2,12)6-9-5-8-7-16(13,14)4-3-10(8)15-9/h5H,3-4,6-7,12H2,1-2H3. The molecule has 0 aliphatic carbocycles. The van der Waals surface area contributed by atoms with Crippen LogP contribution in [0, 0.1) is 0 Å². The maximum absolute atomic E-state index is 11.5. The predicted molar refractivity (Wildman–Crippen MR) is 67.5 cm³/mol. The zero-order chi connectivity index (χ0) is 12.0. The van der Waals surface area contributed by atoms with E-state index in [2.05, 4.69) is 0 Å². The summed E-state index contributed by atoms with van der Waals surface area (Å²) in [6, 6.07) is 2.02. The van der Waals surface area contributed by atoms with E-state index in [4.69, 9.17) is 5.73 Å². The fourth-order valence-corrected chi connectivity index (χ4v) is 4.99. The van der Waals surface area contributed by atoms with Gasteiger partial charge in [-0.3, -0.25) is 0 Å². The Bertz CT molecular complexity index is 495. The van der Waals surface area contributed by atoms with E-state index in [0.29, 0.717) is 12.2 Å². The van der Waals surface area contributed by atoms with Crippen LogP contribution in [0.3, 0.4) is 0 Å². The molecule has 1 aromatic rings. The van der Waals surface area contributed by atoms with E-state index in [1.807, 2.05) is 19.9 Å². The van der Waals surface area contributed by atoms with Crippen molar-refractivity contribution in [2.75, 3.05) is 5.75 Å². The fraction of sp³-hybridized carbons (Fsp3) is 0.636. The van der Waals surface area contributed by atoms with Gasteiger partial charge in [-0.15, -0.1) is 11.3 Å². The normalized spacial score (nSPS) is 19.4. The molecule has 0 radical (unpaired) electrons. The molecule has 0 saturated heterocycles. The van der Waals surface area contributed by atoms with Crippen molar-refractivity contribution in [3.8, 4) is 0 Å². The van der Waals surface area contributed by atoms with Crippen LogP contribution in [0.2, 0.25) is 0 Å². The van der Waals surface area contributed by atoms with Crippen LogP contribution in [0.4, 0.5) is 0 Å². The van der Waals surface area contributed by atoms with Gasteiger partial charge >= 0.3 is 0 Å². The summed E-state index contributed by atoms with van der Waals surface area (Å²) in [6.45, 7) is 3.98. The number of fused-ring (bicyclic) bond motifs is 1. The van der Waals surface area contributed by atoms with Crippen molar-refractivity contribution >= 4 is 21.2 Å². The zero-order valence-corrected chi connectivity index (χ0v) is 11.2. The SMILES string of the molecule is CC(C)(N)Cc1cc2c(s1)CCS(=O)(=O)C2. The first-order chi connectivity index (χ1) is 7.25. The van der Waals surface area contributed by atoms with Crippen molar-refractivity contribution in [1.82, 2.24) is 0 Å². The molecule has 3 nitrogen and oxygen atoms in total. The minimum Gasteiger partial charge on any atom is -0.325 e. The Kier molecular flexibility index (Phi) is 2.88. The highest BCUT2D eigenvalue weighted by Gasteiger charge is 2.24. The van der Waals surface area contributed by atoms with Crippen LogP contribution in [0.15, 0.2) is 6.07 Å². The average molecular weight is 259 g/mol. The zero-order valence-electron chi connectivity index (χ0n) is 9.62. The van der Waals surface area contributed by atoms with Gasteiger partial charge in [-0.25, -0.2) is 8.42 Å². The second-order valence-electron chi connectivity index (χ2n) is 5.17. The van der Waals surface area contributed by atoms with Crippen molar-refractivity contribution in [1.29, 1.82) is 0 Å². The molecule has 0 unspecified atom stereocenters. The topological polar surface area (TPSA) is 60.2 Å². The molecule has 16 heavy (non-hydrogen) atoms. The summed E-state index contributed by atoms with van der Waals surface area (Å²) < 4.78 is 23.0. The van der Waals surface area contributed by atoms with Gasteiger partial charge in [0.1, 0.15) is 0 Å². The molecule has 2 N–H and O–H groups in total. The van der Waals surface area contributed by atoms with Crippen LogP contribution in [0.25, 0.3) is 0 Å². The van der Waals surface area contributed by atoms with Crippen LogP contribution in [-0.2, 0) is 28.4 Å². The molecule has 2 rings (SSSR count). The largest absolute Gasteiger partial charge is 0.325 e. The van der Waals surface area contributed by atoms with Crippen molar-refractivity contribution in [3.05, 3.63) is 21.4 Å². The van der Waals surface area contributed by atoms with Gasteiger partial charge in [-0.1, -0.05) is 0 Å². The van der Waals surface area contributed by atoms with Gasteiger partial charge in [-0.2, -0.15) is 0 Å². The minimum absolute atomic E-state index is 0.212. The first-order valence-electron chi connectivity index (χ1n) is 5.35. The Hall–Kier alpha value is -0.390. The maximum atomic E-state index is 11.5. The first-order valence-corrected chi connectivity index (χ1v) is 7.99. The highest BCUT2D eigenvalue weighted by molar-refractivity contribution is 7.90. The van der Waals surface area contributed by atoms with Gasteiger partial charge in [-0.05, 0) is 38.3 Å². The lowest BCUT2D eigenvalue weighted by Crippen LogP contribution is -2.33. The van der Waals surface area contributed by atoms with Crippen LogP contribution in [0.1, 0.15) is 29.2 Å². The summed E-state index contributed by atoms with van der Waals surface area (Å²) >= 11 is 1.72. The number of nitrogens with two attached hydrogens (primary N) is 1. The number of hydrogen-bond donors (Lipinski definition) is 1. The number of aryl methyl sites for hydroxylation is 1. The molecule has 0 amide bonds. The van der Waals surface area contributed by atoms with Crippen molar-refractivity contribution in [3.63, 3.8) is 0 Å². The molecule has 0 saturated carbocycles. The van der Waals surface area contributed by atoms with Gasteiger partial charge in [0.05, 0.1) is 11.5 Å². The molecule has 1 aliphatic rings. The molecule has 1 aromatic heterocycles. The van der Waals surface area contributed by atoms with Crippen molar-refractivity contribution in [2.45, 2.75) is 38.0 Å². The van der Waals surface area contributed by atoms with Crippen LogP contribution in [-0.4, -0.2) is 19.7 Å². The van der Waals surface area contributed by atoms with E-state index in [9.17, 15) is 8.42 Å². The predicted octanol–water partition coefficient (Wildman–Crippen LogP) is 1.50. The Morgan fingerprint density at radius 2 is 2.19 bits per heavy atom. The lowest BCUT2D eigenvalue weighted by molar-refractivity contribution is 0.521. The Labute approximate surface area is 101 Å². The van der Waals surface area contributed by atoms with E-state index in [1.54, 1.807) is 11.3 Å². The average Bonchev–Trinajstić information content (AvgIpc) is 2.40. The minimum atomic E-state index is -2.85. The lowest BCUT2D eigenvalue weighted by Gasteiger charge is -2.16. The van der Waals surface area contributed by atoms with Gasteiger partial charge in [0, 0.05) is 15.3 Å². The number of thiophene rings is 1. The summed E-state index contributed by atoms with van der Waals surface area (Å²) in [5.41, 5.74) is 6.73. The smallest absolute Gasteiger partial charge is 0.154 e. The van der Waals surface area contributed by atoms with E-state index in [0.717, 1.165) is 12.0 Å². The quantitative estimate of drug-likeness (QED) is 0.875. The molecule has 5 heteroatoms. The summed E-state index contributed by atoms with van der Waals surface area (Å²) in [4.78, 5) is 2.43. The molecule has 0 fully saturated rings. The van der Waals surface area contributed by atoms with Gasteiger partial charge in [0.25, 0.3) is 0 Å². The molecule has 0 spiro atoms. The highest BCUT2D eigenvalue weighted by Crippen LogP contribution is 2.30. The highest BCUT2D eigenvalue weighted by atomic mass is 32.2. The summed E-state index contributed by atoms with van der Waals surface area (Å²) in [7, 11) is -2.85. The molecule has 0 bridgehead atoms. The Morgan fingerprint density at radius 3 is 2.81 bits per heavy atom. The van der Waals surface area contributed by atoms with E-state index >= 15 is 0 Å². The first kappa shape index (κ1) is 12.1. The summed E-state index contributed by atoms with van der Waals surface area (Å²) in [6.07, 6.45) is 1.48. The molecule has 90 valence electrons. The second kappa shape index (κ2) is 3.82. The van der Waals surface area contributed by atoms with Gasteiger partial charge in [0.15, 0.2) is 9.84 Å². The monoisotopic (exact) mass is 259 g/mol. The van der Waals surface area contributed by atoms with Crippen LogP contribution < -0.4 is 5.73 Å². The Balaban J connectivity index is 2.25. The lowest BCUT2D eigenvalue weighted by atomic mass is 10.0. The number of rotatable bonds is 2. The van der Waals surface area contributed by atoms with E-state index in [-0.39, 0.29) is 11.3 Å². The molecule has 1 aliphatic heterocycles. The van der Waals surface area contributed by atoms with Gasteiger partial charge in [0.2, 0.25) is 0 Å². The molecular weight excluding hydrogens is 242 g/mol. The third-order valence-electron chi connectivity index (χ3n) is 2.59. The summed E-state index contributed by atoms with van der Waals surface area (Å²) in [5.74, 6) is 0.510. The van der Waals surface area contributed by atoms with Crippen molar-refractivity contribution < 1.29 is 8.42 Å². The molecule has 2 heterocycles. The summed E-state index contributed by atoms with van der Waals surface area (Å²) in [5, 5.41) is 0. The fourth-order valence-electron chi connectivity index (χ4n) is 1.96. The number of sulfone groups is 1. The molecule has 0 atom stereocenters. The van der Waals surface area contributed by atoms with E-state index < -0.39 is 9.84 Å². The molecular formula is C11H17NO2S2. The van der Waals surface area contributed by atoms with Gasteiger partial charge < -0.3 is 5.73 Å². The second-order valence-corrected chi connectivity index (χ2v) is 8.57. The third kappa shape index (κ3) is 2.84. The maximum Gasteiger partial charge on any atom is 0.154 e.